The molecule has 0 spiro atoms. The van der Waals surface area contributed by atoms with Crippen molar-refractivity contribution in [3.8, 4) is 0 Å². The zero-order valence-corrected chi connectivity index (χ0v) is 13.0. The second-order valence-corrected chi connectivity index (χ2v) is 6.56. The molecule has 0 aromatic heterocycles. The van der Waals surface area contributed by atoms with Gasteiger partial charge in [0, 0.05) is 12.1 Å². The van der Waals surface area contributed by atoms with Crippen LogP contribution in [0.4, 0.5) is 0 Å². The molecule has 19 heavy (non-hydrogen) atoms. The Morgan fingerprint density at radius 2 is 1.53 bits per heavy atom. The van der Waals surface area contributed by atoms with Crippen LogP contribution in [-0.2, 0) is 0 Å². The zero-order valence-electron chi connectivity index (χ0n) is 13.0. The number of hydrogen-bond donors (Lipinski definition) is 1. The predicted octanol–water partition coefficient (Wildman–Crippen LogP) is 3.95. The lowest BCUT2D eigenvalue weighted by atomic mass is 9.94. The van der Waals surface area contributed by atoms with Gasteiger partial charge in [-0.15, -0.1) is 0 Å². The molecule has 0 aliphatic heterocycles. The molecule has 0 bridgehead atoms. The van der Waals surface area contributed by atoms with Crippen LogP contribution in [0.1, 0.15) is 77.6 Å². The van der Waals surface area contributed by atoms with Crippen molar-refractivity contribution in [1.82, 2.24) is 10.2 Å². The maximum Gasteiger partial charge on any atom is 0.00951 e. The first-order chi connectivity index (χ1) is 9.40. The monoisotopic (exact) mass is 266 g/mol. The third-order valence-corrected chi connectivity index (χ3v) is 5.16. The van der Waals surface area contributed by atoms with E-state index in [1.165, 1.54) is 90.3 Å². The lowest BCUT2D eigenvalue weighted by Gasteiger charge is -2.33. The third-order valence-electron chi connectivity index (χ3n) is 5.16. The van der Waals surface area contributed by atoms with Crippen molar-refractivity contribution >= 4 is 0 Å². The number of rotatable bonds is 7. The maximum absolute atomic E-state index is 3.78. The predicted molar refractivity (Wildman–Crippen MR) is 83.6 cm³/mol. The van der Waals surface area contributed by atoms with Crippen LogP contribution in [0.5, 0.6) is 0 Å². The Hall–Kier alpha value is -0.0800. The van der Waals surface area contributed by atoms with Crippen LogP contribution in [0.25, 0.3) is 0 Å². The molecule has 0 saturated heterocycles. The standard InChI is InChI=1S/C17H34N2/c1-2-19(17-12-7-4-8-13-17)15-9-14-18-16-10-5-3-6-11-16/h16-18H,2-15H2,1H3. The molecule has 1 N–H and O–H groups in total. The van der Waals surface area contributed by atoms with Crippen LogP contribution in [0.15, 0.2) is 0 Å². The molecule has 2 nitrogen and oxygen atoms in total. The Labute approximate surface area is 120 Å². The van der Waals surface area contributed by atoms with Crippen LogP contribution in [-0.4, -0.2) is 36.6 Å². The summed E-state index contributed by atoms with van der Waals surface area (Å²) in [5.74, 6) is 0. The highest BCUT2D eigenvalue weighted by Gasteiger charge is 2.19. The Morgan fingerprint density at radius 3 is 2.16 bits per heavy atom. The minimum absolute atomic E-state index is 0.832. The number of hydrogen-bond acceptors (Lipinski definition) is 2. The summed E-state index contributed by atoms with van der Waals surface area (Å²) in [6, 6.07) is 1.73. The van der Waals surface area contributed by atoms with Crippen LogP contribution in [0, 0.1) is 0 Å². The lowest BCUT2D eigenvalue weighted by Crippen LogP contribution is -2.39. The molecule has 0 amide bonds. The van der Waals surface area contributed by atoms with Gasteiger partial charge in [-0.2, -0.15) is 0 Å². The van der Waals surface area contributed by atoms with E-state index >= 15 is 0 Å². The fraction of sp³-hybridized carbons (Fsp3) is 1.00. The summed E-state index contributed by atoms with van der Waals surface area (Å²) < 4.78 is 0. The van der Waals surface area contributed by atoms with E-state index in [-0.39, 0.29) is 0 Å². The smallest absolute Gasteiger partial charge is 0.00951 e. The quantitative estimate of drug-likeness (QED) is 0.702. The van der Waals surface area contributed by atoms with E-state index in [9.17, 15) is 0 Å². The van der Waals surface area contributed by atoms with Crippen molar-refractivity contribution in [2.45, 2.75) is 89.6 Å². The molecule has 0 aromatic rings. The molecule has 2 aliphatic carbocycles. The molecule has 112 valence electrons. The van der Waals surface area contributed by atoms with E-state index in [1.54, 1.807) is 0 Å². The first kappa shape index (κ1) is 15.3. The fourth-order valence-electron chi connectivity index (χ4n) is 3.94. The van der Waals surface area contributed by atoms with Crippen LogP contribution in [0.2, 0.25) is 0 Å². The minimum atomic E-state index is 0.832. The molecule has 0 aromatic carbocycles. The zero-order chi connectivity index (χ0) is 13.3. The Morgan fingerprint density at radius 1 is 0.895 bits per heavy atom. The first-order valence-corrected chi connectivity index (χ1v) is 8.87. The highest BCUT2D eigenvalue weighted by molar-refractivity contribution is 4.76. The molecule has 0 heterocycles. The van der Waals surface area contributed by atoms with Gasteiger partial charge >= 0.3 is 0 Å². The average Bonchev–Trinajstić information content (AvgIpc) is 2.49. The van der Waals surface area contributed by atoms with Gasteiger partial charge in [0.05, 0.1) is 0 Å². The van der Waals surface area contributed by atoms with Crippen molar-refractivity contribution in [1.29, 1.82) is 0 Å². The Kier molecular flexibility index (Phi) is 7.23. The molecule has 2 fully saturated rings. The molecular formula is C17H34N2. The van der Waals surface area contributed by atoms with Crippen molar-refractivity contribution in [2.24, 2.45) is 0 Å². The van der Waals surface area contributed by atoms with E-state index in [1.807, 2.05) is 0 Å². The fourth-order valence-corrected chi connectivity index (χ4v) is 3.94. The van der Waals surface area contributed by atoms with Gasteiger partial charge in [-0.1, -0.05) is 45.4 Å². The third kappa shape index (κ3) is 5.43. The van der Waals surface area contributed by atoms with Gasteiger partial charge < -0.3 is 10.2 Å². The first-order valence-electron chi connectivity index (χ1n) is 8.87. The topological polar surface area (TPSA) is 15.3 Å². The molecule has 0 atom stereocenters. The minimum Gasteiger partial charge on any atom is -0.314 e. The largest absolute Gasteiger partial charge is 0.314 e. The second-order valence-electron chi connectivity index (χ2n) is 6.56. The van der Waals surface area contributed by atoms with E-state index in [4.69, 9.17) is 0 Å². The van der Waals surface area contributed by atoms with Crippen LogP contribution < -0.4 is 5.32 Å². The normalized spacial score (nSPS) is 23.1. The average molecular weight is 266 g/mol. The van der Waals surface area contributed by atoms with Gasteiger partial charge in [-0.05, 0) is 51.7 Å². The van der Waals surface area contributed by atoms with Gasteiger partial charge in [-0.3, -0.25) is 0 Å². The van der Waals surface area contributed by atoms with E-state index in [0.717, 1.165) is 12.1 Å². The number of nitrogens with one attached hydrogen (secondary N) is 1. The van der Waals surface area contributed by atoms with Gasteiger partial charge in [0.1, 0.15) is 0 Å². The van der Waals surface area contributed by atoms with Crippen molar-refractivity contribution in [3.63, 3.8) is 0 Å². The second kappa shape index (κ2) is 8.97. The summed E-state index contributed by atoms with van der Waals surface area (Å²) >= 11 is 0. The van der Waals surface area contributed by atoms with Crippen LogP contribution >= 0.6 is 0 Å². The van der Waals surface area contributed by atoms with E-state index < -0.39 is 0 Å². The van der Waals surface area contributed by atoms with Gasteiger partial charge in [0.25, 0.3) is 0 Å². The van der Waals surface area contributed by atoms with Crippen molar-refractivity contribution in [3.05, 3.63) is 0 Å². The van der Waals surface area contributed by atoms with E-state index in [2.05, 4.69) is 17.1 Å². The highest BCUT2D eigenvalue weighted by atomic mass is 15.1. The van der Waals surface area contributed by atoms with E-state index in [0.29, 0.717) is 0 Å². The van der Waals surface area contributed by atoms with Gasteiger partial charge in [0.15, 0.2) is 0 Å². The van der Waals surface area contributed by atoms with Gasteiger partial charge in [-0.25, -0.2) is 0 Å². The summed E-state index contributed by atoms with van der Waals surface area (Å²) in [5, 5.41) is 3.78. The summed E-state index contributed by atoms with van der Waals surface area (Å²) in [5.41, 5.74) is 0. The maximum atomic E-state index is 3.78. The highest BCUT2D eigenvalue weighted by Crippen LogP contribution is 2.22. The lowest BCUT2D eigenvalue weighted by molar-refractivity contribution is 0.161. The SMILES string of the molecule is CCN(CCCNC1CCCCC1)C1CCCCC1. The van der Waals surface area contributed by atoms with Crippen LogP contribution in [0.3, 0.4) is 0 Å². The van der Waals surface area contributed by atoms with Gasteiger partial charge in [0.2, 0.25) is 0 Å². The molecule has 2 saturated carbocycles. The van der Waals surface area contributed by atoms with Crippen molar-refractivity contribution < 1.29 is 0 Å². The summed E-state index contributed by atoms with van der Waals surface area (Å²) in [7, 11) is 0. The molecule has 0 radical (unpaired) electrons. The summed E-state index contributed by atoms with van der Waals surface area (Å²) in [6.07, 6.45) is 15.8. The summed E-state index contributed by atoms with van der Waals surface area (Å²) in [4.78, 5) is 2.74. The molecule has 2 aliphatic rings. The summed E-state index contributed by atoms with van der Waals surface area (Å²) in [6.45, 7) is 6.12. The Balaban J connectivity index is 1.57. The Bertz CT molecular complexity index is 217. The number of nitrogens with zero attached hydrogens (tertiary/aromatic N) is 1. The molecular weight excluding hydrogens is 232 g/mol. The molecule has 2 rings (SSSR count). The molecule has 2 heteroatoms. The molecule has 0 unspecified atom stereocenters. The van der Waals surface area contributed by atoms with Crippen molar-refractivity contribution in [2.75, 3.05) is 19.6 Å².